The van der Waals surface area contributed by atoms with E-state index in [0.717, 1.165) is 11.4 Å². The van der Waals surface area contributed by atoms with E-state index in [1.165, 1.54) is 0 Å². The summed E-state index contributed by atoms with van der Waals surface area (Å²) in [6, 6.07) is 19.7. The van der Waals surface area contributed by atoms with Crippen molar-refractivity contribution in [2.75, 3.05) is 30.9 Å². The van der Waals surface area contributed by atoms with Crippen LogP contribution in [0.25, 0.3) is 0 Å². The van der Waals surface area contributed by atoms with Crippen LogP contribution in [0.15, 0.2) is 66.7 Å². The topological polar surface area (TPSA) is 88.7 Å². The molecule has 30 heavy (non-hydrogen) atoms. The number of benzene rings is 3. The maximum absolute atomic E-state index is 12.5. The summed E-state index contributed by atoms with van der Waals surface area (Å²) < 4.78 is 10.9. The Labute approximate surface area is 174 Å². The second-order valence-corrected chi connectivity index (χ2v) is 6.64. The molecule has 0 saturated carbocycles. The van der Waals surface area contributed by atoms with Gasteiger partial charge in [0.1, 0.15) is 6.61 Å². The van der Waals surface area contributed by atoms with Crippen LogP contribution in [0.1, 0.15) is 20.7 Å². The van der Waals surface area contributed by atoms with Crippen LogP contribution >= 0.6 is 0 Å². The second-order valence-electron chi connectivity index (χ2n) is 6.64. The van der Waals surface area contributed by atoms with Gasteiger partial charge in [-0.2, -0.15) is 0 Å². The minimum Gasteiger partial charge on any atom is -0.493 e. The van der Waals surface area contributed by atoms with Gasteiger partial charge in [0.05, 0.1) is 36.3 Å². The minimum atomic E-state index is -0.252. The summed E-state index contributed by atoms with van der Waals surface area (Å²) in [4.78, 5) is 25.0. The van der Waals surface area contributed by atoms with Crippen LogP contribution in [-0.4, -0.2) is 32.1 Å². The molecule has 0 aromatic heterocycles. The van der Waals surface area contributed by atoms with Gasteiger partial charge < -0.3 is 25.4 Å². The van der Waals surface area contributed by atoms with Gasteiger partial charge in [0.15, 0.2) is 11.5 Å². The normalized spacial score (nSPS) is 11.8. The summed E-state index contributed by atoms with van der Waals surface area (Å²) in [6.07, 6.45) is 0. The van der Waals surface area contributed by atoms with Crippen LogP contribution in [0, 0.1) is 0 Å². The van der Waals surface area contributed by atoms with Crippen LogP contribution in [0.3, 0.4) is 0 Å². The molecule has 0 bridgehead atoms. The molecule has 4 rings (SSSR count). The van der Waals surface area contributed by atoms with Crippen molar-refractivity contribution >= 4 is 28.9 Å². The van der Waals surface area contributed by atoms with E-state index in [9.17, 15) is 9.59 Å². The highest BCUT2D eigenvalue weighted by atomic mass is 16.5. The lowest BCUT2D eigenvalue weighted by molar-refractivity contribution is 0.0945. The van der Waals surface area contributed by atoms with Gasteiger partial charge in [-0.05, 0) is 42.5 Å². The van der Waals surface area contributed by atoms with Crippen LogP contribution in [0.2, 0.25) is 0 Å². The molecule has 0 aliphatic carbocycles. The smallest absolute Gasteiger partial charge is 0.257 e. The van der Waals surface area contributed by atoms with Gasteiger partial charge in [-0.3, -0.25) is 9.59 Å². The lowest BCUT2D eigenvalue weighted by atomic mass is 10.1. The Morgan fingerprint density at radius 1 is 0.900 bits per heavy atom. The minimum absolute atomic E-state index is 0.223. The van der Waals surface area contributed by atoms with E-state index in [1.807, 2.05) is 36.4 Å². The van der Waals surface area contributed by atoms with Gasteiger partial charge in [0.2, 0.25) is 0 Å². The number of rotatable bonds is 6. The van der Waals surface area contributed by atoms with Crippen molar-refractivity contribution < 1.29 is 19.1 Å². The molecule has 0 spiro atoms. The largest absolute Gasteiger partial charge is 0.493 e. The third-order valence-electron chi connectivity index (χ3n) is 4.69. The summed E-state index contributed by atoms with van der Waals surface area (Å²) in [5.41, 5.74) is 2.99. The van der Waals surface area contributed by atoms with Gasteiger partial charge in [-0.25, -0.2) is 0 Å². The number of hydrogen-bond donors (Lipinski definition) is 3. The van der Waals surface area contributed by atoms with E-state index >= 15 is 0 Å². The molecule has 0 fully saturated rings. The van der Waals surface area contributed by atoms with Gasteiger partial charge in [-0.15, -0.1) is 0 Å². The zero-order chi connectivity index (χ0) is 20.9. The molecule has 2 amide bonds. The summed E-state index contributed by atoms with van der Waals surface area (Å²) in [5, 5.41) is 8.91. The molecule has 0 saturated heterocycles. The number of para-hydroxylation sites is 3. The Hall–Kier alpha value is -4.00. The first kappa shape index (κ1) is 19.3. The molecule has 7 heteroatoms. The fourth-order valence-corrected chi connectivity index (χ4v) is 3.19. The zero-order valence-electron chi connectivity index (χ0n) is 16.4. The highest BCUT2D eigenvalue weighted by Crippen LogP contribution is 2.32. The molecule has 1 aliphatic rings. The standard InChI is InChI=1S/C23H21N3O4/c1-29-20-8-4-5-9-21(20)30-13-12-24-22(27)15-10-11-18-19(14-15)26-23(28)16-6-2-3-7-17(16)25-18/h2-11,14,25H,12-13H2,1H3,(H,24,27)(H,26,28). The third-order valence-corrected chi connectivity index (χ3v) is 4.69. The first-order valence-corrected chi connectivity index (χ1v) is 9.51. The average Bonchev–Trinajstić information content (AvgIpc) is 2.92. The van der Waals surface area contributed by atoms with Crippen molar-refractivity contribution in [2.24, 2.45) is 0 Å². The molecule has 0 radical (unpaired) electrons. The molecule has 0 atom stereocenters. The third kappa shape index (κ3) is 4.05. The molecule has 0 unspecified atom stereocenters. The van der Waals surface area contributed by atoms with E-state index in [2.05, 4.69) is 16.0 Å². The predicted octanol–water partition coefficient (Wildman–Crippen LogP) is 3.81. The van der Waals surface area contributed by atoms with Crippen molar-refractivity contribution in [3.63, 3.8) is 0 Å². The van der Waals surface area contributed by atoms with Gasteiger partial charge in [0, 0.05) is 5.56 Å². The summed E-state index contributed by atoms with van der Waals surface area (Å²) in [5.74, 6) is 0.781. The first-order valence-electron chi connectivity index (χ1n) is 9.51. The van der Waals surface area contributed by atoms with E-state index in [-0.39, 0.29) is 11.8 Å². The number of methoxy groups -OCH3 is 1. The van der Waals surface area contributed by atoms with Crippen LogP contribution in [-0.2, 0) is 0 Å². The monoisotopic (exact) mass is 403 g/mol. The number of nitrogens with one attached hydrogen (secondary N) is 3. The first-order chi connectivity index (χ1) is 14.7. The van der Waals surface area contributed by atoms with Crippen molar-refractivity contribution in [1.29, 1.82) is 0 Å². The number of carbonyl (C=O) groups excluding carboxylic acids is 2. The number of ether oxygens (including phenoxy) is 2. The highest BCUT2D eigenvalue weighted by molar-refractivity contribution is 6.12. The maximum Gasteiger partial charge on any atom is 0.257 e. The zero-order valence-corrected chi connectivity index (χ0v) is 16.4. The Morgan fingerprint density at radius 2 is 1.67 bits per heavy atom. The van der Waals surface area contributed by atoms with Crippen LogP contribution < -0.4 is 25.4 Å². The molecule has 3 N–H and O–H groups in total. The Bertz CT molecular complexity index is 1100. The molecule has 7 nitrogen and oxygen atoms in total. The van der Waals surface area contributed by atoms with Crippen molar-refractivity contribution in [3.8, 4) is 11.5 Å². The summed E-state index contributed by atoms with van der Waals surface area (Å²) in [7, 11) is 1.58. The molecular weight excluding hydrogens is 382 g/mol. The predicted molar refractivity (Wildman–Crippen MR) is 115 cm³/mol. The number of amides is 2. The van der Waals surface area contributed by atoms with Gasteiger partial charge in [-0.1, -0.05) is 24.3 Å². The molecule has 1 aliphatic heterocycles. The molecule has 1 heterocycles. The van der Waals surface area contributed by atoms with Crippen molar-refractivity contribution in [1.82, 2.24) is 5.32 Å². The summed E-state index contributed by atoms with van der Waals surface area (Å²) in [6.45, 7) is 0.620. The lowest BCUT2D eigenvalue weighted by Gasteiger charge is -2.12. The van der Waals surface area contributed by atoms with Crippen LogP contribution in [0.5, 0.6) is 11.5 Å². The Kier molecular flexibility index (Phi) is 5.52. The second kappa shape index (κ2) is 8.57. The maximum atomic E-state index is 12.5. The summed E-state index contributed by atoms with van der Waals surface area (Å²) >= 11 is 0. The van der Waals surface area contributed by atoms with Crippen molar-refractivity contribution in [2.45, 2.75) is 0 Å². The molecular formula is C23H21N3O4. The Balaban J connectivity index is 1.39. The quantitative estimate of drug-likeness (QED) is 0.545. The van der Waals surface area contributed by atoms with Crippen LogP contribution in [0.4, 0.5) is 17.1 Å². The van der Waals surface area contributed by atoms with Gasteiger partial charge in [0.25, 0.3) is 11.8 Å². The van der Waals surface area contributed by atoms with E-state index in [4.69, 9.17) is 9.47 Å². The van der Waals surface area contributed by atoms with E-state index in [1.54, 1.807) is 37.4 Å². The number of fused-ring (bicyclic) bond motifs is 2. The highest BCUT2D eigenvalue weighted by Gasteiger charge is 2.19. The molecule has 152 valence electrons. The number of hydrogen-bond acceptors (Lipinski definition) is 5. The van der Waals surface area contributed by atoms with E-state index < -0.39 is 0 Å². The average molecular weight is 403 g/mol. The fourth-order valence-electron chi connectivity index (χ4n) is 3.19. The van der Waals surface area contributed by atoms with E-state index in [0.29, 0.717) is 41.5 Å². The van der Waals surface area contributed by atoms with Gasteiger partial charge >= 0.3 is 0 Å². The fraction of sp³-hybridized carbons (Fsp3) is 0.130. The number of carbonyl (C=O) groups is 2. The SMILES string of the molecule is COc1ccccc1OCCNC(=O)c1ccc2c(c1)NC(=O)c1ccccc1N2. The van der Waals surface area contributed by atoms with Crippen molar-refractivity contribution in [3.05, 3.63) is 77.9 Å². The lowest BCUT2D eigenvalue weighted by Crippen LogP contribution is -2.28. The molecule has 3 aromatic rings. The number of anilines is 3. The Morgan fingerprint density at radius 3 is 2.50 bits per heavy atom. The molecule has 3 aromatic carbocycles.